The third-order valence-corrected chi connectivity index (χ3v) is 4.08. The van der Waals surface area contributed by atoms with Crippen LogP contribution in [0, 0.1) is 13.8 Å². The van der Waals surface area contributed by atoms with E-state index in [0.717, 1.165) is 27.5 Å². The molecule has 2 aromatic heterocycles. The molecule has 0 radical (unpaired) electrons. The van der Waals surface area contributed by atoms with Gasteiger partial charge in [0.05, 0.1) is 5.52 Å². The number of nitrogens with one attached hydrogen (secondary N) is 1. The van der Waals surface area contributed by atoms with Crippen molar-refractivity contribution in [2.24, 2.45) is 0 Å². The molecule has 2 aromatic carbocycles. The number of pyridine rings is 1. The summed E-state index contributed by atoms with van der Waals surface area (Å²) in [6.45, 7) is 4.16. The molecule has 3 heteroatoms. The van der Waals surface area contributed by atoms with E-state index >= 15 is 0 Å². The van der Waals surface area contributed by atoms with Gasteiger partial charge >= 0.3 is 0 Å². The van der Waals surface area contributed by atoms with E-state index in [-0.39, 0.29) is 5.75 Å². The van der Waals surface area contributed by atoms with Gasteiger partial charge in [0, 0.05) is 28.0 Å². The predicted octanol–water partition coefficient (Wildman–Crippen LogP) is 4.19. The minimum Gasteiger partial charge on any atom is -0.506 e. The van der Waals surface area contributed by atoms with Crippen LogP contribution in [0.25, 0.3) is 32.6 Å². The van der Waals surface area contributed by atoms with Gasteiger partial charge in [0.1, 0.15) is 11.3 Å². The van der Waals surface area contributed by atoms with Crippen molar-refractivity contribution in [1.29, 1.82) is 0 Å². The molecule has 0 unspecified atom stereocenters. The number of aromatic amines is 1. The highest BCUT2D eigenvalue weighted by molar-refractivity contribution is 6.15. The van der Waals surface area contributed by atoms with Gasteiger partial charge in [0.2, 0.25) is 0 Å². The second-order valence-corrected chi connectivity index (χ2v) is 5.25. The molecule has 0 fully saturated rings. The van der Waals surface area contributed by atoms with Crippen LogP contribution in [0.15, 0.2) is 36.5 Å². The summed E-state index contributed by atoms with van der Waals surface area (Å²) in [4.78, 5) is 7.88. The summed E-state index contributed by atoms with van der Waals surface area (Å²) in [6, 6.07) is 9.80. The molecule has 0 atom stereocenters. The van der Waals surface area contributed by atoms with Crippen LogP contribution in [-0.2, 0) is 0 Å². The number of aryl methyl sites for hydroxylation is 2. The van der Waals surface area contributed by atoms with Crippen LogP contribution >= 0.6 is 0 Å². The summed E-state index contributed by atoms with van der Waals surface area (Å²) in [6.07, 6.45) is 1.95. The molecule has 0 saturated carbocycles. The summed E-state index contributed by atoms with van der Waals surface area (Å²) in [5.41, 5.74) is 3.95. The van der Waals surface area contributed by atoms with E-state index in [1.54, 1.807) is 6.07 Å². The molecule has 0 aliphatic carbocycles. The van der Waals surface area contributed by atoms with Crippen LogP contribution in [0.2, 0.25) is 0 Å². The maximum atomic E-state index is 9.99. The zero-order valence-corrected chi connectivity index (χ0v) is 11.4. The number of H-pyrrole nitrogens is 1. The zero-order chi connectivity index (χ0) is 13.9. The highest BCUT2D eigenvalue weighted by Gasteiger charge is 2.13. The fraction of sp³-hybridized carbons (Fsp3) is 0.118. The minimum absolute atomic E-state index is 0.241. The average molecular weight is 262 g/mol. The van der Waals surface area contributed by atoms with Gasteiger partial charge in [-0.3, -0.25) is 0 Å². The number of nitrogens with zero attached hydrogens (tertiary/aromatic N) is 1. The smallest absolute Gasteiger partial charge is 0.141 e. The molecule has 0 bridgehead atoms. The summed E-state index contributed by atoms with van der Waals surface area (Å²) < 4.78 is 0. The van der Waals surface area contributed by atoms with Crippen LogP contribution in [0.4, 0.5) is 0 Å². The van der Waals surface area contributed by atoms with Crippen molar-refractivity contribution >= 4 is 32.6 Å². The van der Waals surface area contributed by atoms with Crippen molar-refractivity contribution in [3.8, 4) is 5.75 Å². The molecule has 4 aromatic rings. The summed E-state index contributed by atoms with van der Waals surface area (Å²) in [7, 11) is 0. The number of rotatable bonds is 0. The molecule has 20 heavy (non-hydrogen) atoms. The quantitative estimate of drug-likeness (QED) is 0.499. The van der Waals surface area contributed by atoms with E-state index in [1.165, 1.54) is 10.8 Å². The lowest BCUT2D eigenvalue weighted by Gasteiger charge is -2.06. The van der Waals surface area contributed by atoms with Gasteiger partial charge in [-0.25, -0.2) is 4.98 Å². The number of benzene rings is 2. The Labute approximate surface area is 115 Å². The Morgan fingerprint density at radius 1 is 0.950 bits per heavy atom. The molecule has 0 saturated heterocycles. The van der Waals surface area contributed by atoms with E-state index in [0.29, 0.717) is 5.52 Å². The SMILES string of the molecule is Cc1[nH]ccc2c(C)c3nc4c(O)cccc4c3cc12. The molecular weight excluding hydrogens is 248 g/mol. The molecule has 2 N–H and O–H groups in total. The fourth-order valence-corrected chi connectivity index (χ4v) is 3.00. The summed E-state index contributed by atoms with van der Waals surface area (Å²) in [5.74, 6) is 0.241. The van der Waals surface area contributed by atoms with Gasteiger partial charge < -0.3 is 10.1 Å². The van der Waals surface area contributed by atoms with Crippen molar-refractivity contribution in [3.63, 3.8) is 0 Å². The number of fused-ring (bicyclic) bond motifs is 4. The van der Waals surface area contributed by atoms with Gasteiger partial charge in [0.25, 0.3) is 0 Å². The summed E-state index contributed by atoms with van der Waals surface area (Å²) >= 11 is 0. The van der Waals surface area contributed by atoms with Crippen LogP contribution in [0.5, 0.6) is 5.75 Å². The van der Waals surface area contributed by atoms with Crippen LogP contribution < -0.4 is 0 Å². The van der Waals surface area contributed by atoms with Crippen molar-refractivity contribution in [2.45, 2.75) is 13.8 Å². The maximum Gasteiger partial charge on any atom is 0.141 e. The van der Waals surface area contributed by atoms with Crippen molar-refractivity contribution in [3.05, 3.63) is 47.8 Å². The Bertz CT molecular complexity index is 983. The van der Waals surface area contributed by atoms with Gasteiger partial charge in [-0.15, -0.1) is 0 Å². The summed E-state index contributed by atoms with van der Waals surface area (Å²) in [5, 5.41) is 14.5. The number of para-hydroxylation sites is 1. The first-order valence-corrected chi connectivity index (χ1v) is 6.65. The first-order chi connectivity index (χ1) is 9.66. The molecule has 0 aliphatic heterocycles. The predicted molar refractivity (Wildman–Crippen MR) is 82.2 cm³/mol. The second-order valence-electron chi connectivity index (χ2n) is 5.25. The lowest BCUT2D eigenvalue weighted by molar-refractivity contribution is 0.480. The highest BCUT2D eigenvalue weighted by Crippen LogP contribution is 2.36. The van der Waals surface area contributed by atoms with E-state index in [9.17, 15) is 5.11 Å². The number of hydrogen-bond acceptors (Lipinski definition) is 2. The van der Waals surface area contributed by atoms with Gasteiger partial charge in [-0.2, -0.15) is 0 Å². The maximum absolute atomic E-state index is 9.99. The Hall–Kier alpha value is -2.55. The third-order valence-electron chi connectivity index (χ3n) is 4.08. The van der Waals surface area contributed by atoms with Gasteiger partial charge in [-0.1, -0.05) is 12.1 Å². The number of aromatic nitrogens is 2. The van der Waals surface area contributed by atoms with Gasteiger partial charge in [-0.05, 0) is 43.0 Å². The van der Waals surface area contributed by atoms with Crippen molar-refractivity contribution < 1.29 is 5.11 Å². The molecule has 0 amide bonds. The zero-order valence-electron chi connectivity index (χ0n) is 11.4. The van der Waals surface area contributed by atoms with Crippen LogP contribution in [0.1, 0.15) is 11.3 Å². The topological polar surface area (TPSA) is 48.9 Å². The molecular formula is C17H14N2O. The fourth-order valence-electron chi connectivity index (χ4n) is 3.00. The Kier molecular flexibility index (Phi) is 2.11. The largest absolute Gasteiger partial charge is 0.506 e. The van der Waals surface area contributed by atoms with E-state index < -0.39 is 0 Å². The van der Waals surface area contributed by atoms with E-state index in [4.69, 9.17) is 0 Å². The van der Waals surface area contributed by atoms with Gasteiger partial charge in [0.15, 0.2) is 0 Å². The second kappa shape index (κ2) is 3.73. The number of aromatic hydroxyl groups is 1. The lowest BCUT2D eigenvalue weighted by Crippen LogP contribution is -1.87. The molecule has 0 aliphatic rings. The first kappa shape index (κ1) is 11.3. The third kappa shape index (κ3) is 1.32. The Balaban J connectivity index is 2.33. The number of hydrogen-bond donors (Lipinski definition) is 2. The molecule has 2 heterocycles. The number of phenolic OH excluding ortho intramolecular Hbond substituents is 1. The van der Waals surface area contributed by atoms with E-state index in [2.05, 4.69) is 35.9 Å². The van der Waals surface area contributed by atoms with Crippen LogP contribution in [0.3, 0.4) is 0 Å². The van der Waals surface area contributed by atoms with Crippen LogP contribution in [-0.4, -0.2) is 15.1 Å². The average Bonchev–Trinajstić information content (AvgIpc) is 2.81. The first-order valence-electron chi connectivity index (χ1n) is 6.65. The lowest BCUT2D eigenvalue weighted by atomic mass is 10.0. The Morgan fingerprint density at radius 3 is 2.65 bits per heavy atom. The van der Waals surface area contributed by atoms with Crippen molar-refractivity contribution in [2.75, 3.05) is 0 Å². The molecule has 0 spiro atoms. The molecule has 4 rings (SSSR count). The standard InChI is InChI=1S/C17H14N2O/c1-9-11-6-7-18-10(2)13(11)8-14-12-4-3-5-15(20)17(12)19-16(9)14/h3-8,18,20H,1-2H3. The Morgan fingerprint density at radius 2 is 1.80 bits per heavy atom. The monoisotopic (exact) mass is 262 g/mol. The van der Waals surface area contributed by atoms with Crippen molar-refractivity contribution in [1.82, 2.24) is 9.97 Å². The normalized spacial score (nSPS) is 11.7. The number of phenols is 1. The molecule has 3 nitrogen and oxygen atoms in total. The highest BCUT2D eigenvalue weighted by atomic mass is 16.3. The minimum atomic E-state index is 0.241. The molecule has 98 valence electrons. The van der Waals surface area contributed by atoms with E-state index in [1.807, 2.05) is 18.3 Å².